The van der Waals surface area contributed by atoms with Gasteiger partial charge in [0.1, 0.15) is 24.7 Å². The first kappa shape index (κ1) is 19.2. The van der Waals surface area contributed by atoms with Crippen LogP contribution in [0.1, 0.15) is 33.7 Å². The highest BCUT2D eigenvalue weighted by atomic mass is 16.5. The number of aryl methyl sites for hydroxylation is 2. The lowest BCUT2D eigenvalue weighted by Crippen LogP contribution is -2.08. The molecule has 28 heavy (non-hydrogen) atoms. The van der Waals surface area contributed by atoms with E-state index in [1.54, 1.807) is 24.3 Å². The lowest BCUT2D eigenvalue weighted by Gasteiger charge is -2.08. The Morgan fingerprint density at radius 3 is 2.32 bits per heavy atom. The molecule has 142 valence electrons. The maximum Gasteiger partial charge on any atom is 0.310 e. The van der Waals surface area contributed by atoms with Crippen molar-refractivity contribution in [2.75, 3.05) is 0 Å². The molecule has 0 bridgehead atoms. The number of aromatic nitrogens is 1. The zero-order chi connectivity index (χ0) is 19.9. The second kappa shape index (κ2) is 8.87. The molecule has 0 N–H and O–H groups in total. The molecule has 6 nitrogen and oxygen atoms in total. The van der Waals surface area contributed by atoms with Gasteiger partial charge in [-0.25, -0.2) is 0 Å². The molecule has 2 aromatic carbocycles. The number of carbonyl (C=O) groups is 1. The van der Waals surface area contributed by atoms with Gasteiger partial charge in [-0.1, -0.05) is 29.4 Å². The zero-order valence-electron chi connectivity index (χ0n) is 15.8. The summed E-state index contributed by atoms with van der Waals surface area (Å²) in [6.07, 6.45) is 0.181. The van der Waals surface area contributed by atoms with Gasteiger partial charge in [-0.15, -0.1) is 0 Å². The maximum atomic E-state index is 12.0. The van der Waals surface area contributed by atoms with E-state index in [4.69, 9.17) is 19.3 Å². The average molecular weight is 376 g/mol. The van der Waals surface area contributed by atoms with Gasteiger partial charge in [0.05, 0.1) is 29.3 Å². The van der Waals surface area contributed by atoms with Gasteiger partial charge in [0.2, 0.25) is 0 Å². The minimum Gasteiger partial charge on any atom is -0.489 e. The van der Waals surface area contributed by atoms with E-state index in [1.807, 2.05) is 38.1 Å². The van der Waals surface area contributed by atoms with Crippen LogP contribution in [0.5, 0.6) is 5.75 Å². The van der Waals surface area contributed by atoms with Crippen LogP contribution < -0.4 is 4.74 Å². The SMILES string of the molecule is Cc1noc(C)c1COc1ccc(CC(=O)OCc2ccc(C#N)cc2)cc1. The number of esters is 1. The zero-order valence-corrected chi connectivity index (χ0v) is 15.8. The number of rotatable bonds is 7. The van der Waals surface area contributed by atoms with E-state index >= 15 is 0 Å². The highest BCUT2D eigenvalue weighted by molar-refractivity contribution is 5.72. The fourth-order valence-corrected chi connectivity index (χ4v) is 2.62. The third-order valence-electron chi connectivity index (χ3n) is 4.32. The van der Waals surface area contributed by atoms with Crippen LogP contribution in [0.4, 0.5) is 0 Å². The Morgan fingerprint density at radius 1 is 1.04 bits per heavy atom. The fraction of sp³-hybridized carbons (Fsp3) is 0.227. The summed E-state index contributed by atoms with van der Waals surface area (Å²) in [6, 6.07) is 16.3. The first-order valence-electron chi connectivity index (χ1n) is 8.83. The van der Waals surface area contributed by atoms with Crippen molar-refractivity contribution >= 4 is 5.97 Å². The van der Waals surface area contributed by atoms with Crippen molar-refractivity contribution in [2.24, 2.45) is 0 Å². The molecular weight excluding hydrogens is 356 g/mol. The first-order valence-corrected chi connectivity index (χ1v) is 8.83. The van der Waals surface area contributed by atoms with Gasteiger partial charge in [0, 0.05) is 0 Å². The molecule has 0 radical (unpaired) electrons. The normalized spacial score (nSPS) is 10.3. The van der Waals surface area contributed by atoms with Crippen molar-refractivity contribution in [3.63, 3.8) is 0 Å². The second-order valence-electron chi connectivity index (χ2n) is 6.38. The lowest BCUT2D eigenvalue weighted by molar-refractivity contribution is -0.144. The third-order valence-corrected chi connectivity index (χ3v) is 4.32. The van der Waals surface area contributed by atoms with Crippen molar-refractivity contribution in [3.8, 4) is 11.8 Å². The van der Waals surface area contributed by atoms with E-state index in [1.165, 1.54) is 0 Å². The number of hydrogen-bond acceptors (Lipinski definition) is 6. The largest absolute Gasteiger partial charge is 0.489 e. The highest BCUT2D eigenvalue weighted by Crippen LogP contribution is 2.18. The molecule has 0 spiro atoms. The van der Waals surface area contributed by atoms with Gasteiger partial charge >= 0.3 is 5.97 Å². The van der Waals surface area contributed by atoms with Crippen LogP contribution in [0, 0.1) is 25.2 Å². The van der Waals surface area contributed by atoms with E-state index < -0.39 is 0 Å². The molecule has 0 aliphatic rings. The van der Waals surface area contributed by atoms with Gasteiger partial charge in [-0.05, 0) is 49.2 Å². The molecule has 0 saturated heterocycles. The van der Waals surface area contributed by atoms with Crippen LogP contribution in [0.3, 0.4) is 0 Å². The Morgan fingerprint density at radius 2 is 1.71 bits per heavy atom. The van der Waals surface area contributed by atoms with Crippen molar-refractivity contribution in [3.05, 3.63) is 82.2 Å². The predicted octanol–water partition coefficient (Wildman–Crippen LogP) is 4.03. The summed E-state index contributed by atoms with van der Waals surface area (Å²) < 4.78 is 16.2. The molecule has 0 aliphatic heterocycles. The Balaban J connectivity index is 1.48. The molecule has 3 aromatic rings. The van der Waals surface area contributed by atoms with E-state index in [-0.39, 0.29) is 19.0 Å². The van der Waals surface area contributed by atoms with Crippen molar-refractivity contribution in [1.82, 2.24) is 5.16 Å². The molecule has 0 saturated carbocycles. The summed E-state index contributed by atoms with van der Waals surface area (Å²) in [5, 5.41) is 12.7. The first-order chi connectivity index (χ1) is 13.5. The summed E-state index contributed by atoms with van der Waals surface area (Å²) in [7, 11) is 0. The topological polar surface area (TPSA) is 85.3 Å². The number of nitriles is 1. The van der Waals surface area contributed by atoms with E-state index in [0.717, 1.165) is 28.1 Å². The maximum absolute atomic E-state index is 12.0. The molecule has 0 aliphatic carbocycles. The smallest absolute Gasteiger partial charge is 0.310 e. The molecule has 1 heterocycles. The molecule has 3 rings (SSSR count). The van der Waals surface area contributed by atoms with E-state index in [9.17, 15) is 4.79 Å². The summed E-state index contributed by atoms with van der Waals surface area (Å²) >= 11 is 0. The Labute approximate surface area is 163 Å². The molecule has 1 aromatic heterocycles. The Hall–Kier alpha value is -3.59. The standard InChI is InChI=1S/C22H20N2O4/c1-15-21(16(2)28-24-15)14-26-20-9-7-17(8-10-20)11-22(25)27-13-19-5-3-18(12-23)4-6-19/h3-10H,11,13-14H2,1-2H3. The monoisotopic (exact) mass is 376 g/mol. The summed E-state index contributed by atoms with van der Waals surface area (Å²) in [4.78, 5) is 12.0. The minimum atomic E-state index is -0.311. The van der Waals surface area contributed by atoms with Crippen LogP contribution in [-0.4, -0.2) is 11.1 Å². The van der Waals surface area contributed by atoms with Gasteiger partial charge in [-0.2, -0.15) is 5.26 Å². The van der Waals surface area contributed by atoms with Gasteiger partial charge in [-0.3, -0.25) is 4.79 Å². The Bertz CT molecular complexity index is 963. The second-order valence-corrected chi connectivity index (χ2v) is 6.38. The van der Waals surface area contributed by atoms with Crippen LogP contribution in [0.25, 0.3) is 0 Å². The van der Waals surface area contributed by atoms with Gasteiger partial charge in [0.15, 0.2) is 0 Å². The molecule has 0 amide bonds. The van der Waals surface area contributed by atoms with E-state index in [2.05, 4.69) is 11.2 Å². The minimum absolute atomic E-state index is 0.181. The predicted molar refractivity (Wildman–Crippen MR) is 101 cm³/mol. The number of hydrogen-bond donors (Lipinski definition) is 0. The highest BCUT2D eigenvalue weighted by Gasteiger charge is 2.10. The number of carbonyl (C=O) groups excluding carboxylic acids is 1. The van der Waals surface area contributed by atoms with Crippen LogP contribution >= 0.6 is 0 Å². The van der Waals surface area contributed by atoms with Crippen molar-refractivity contribution in [2.45, 2.75) is 33.5 Å². The quantitative estimate of drug-likeness (QED) is 0.579. The van der Waals surface area contributed by atoms with Gasteiger partial charge in [0.25, 0.3) is 0 Å². The summed E-state index contributed by atoms with van der Waals surface area (Å²) in [5.41, 5.74) is 4.02. The van der Waals surface area contributed by atoms with E-state index in [0.29, 0.717) is 17.9 Å². The van der Waals surface area contributed by atoms with Gasteiger partial charge < -0.3 is 14.0 Å². The summed E-state index contributed by atoms with van der Waals surface area (Å²) in [5.74, 6) is 1.14. The molecule has 0 fully saturated rings. The molecular formula is C22H20N2O4. The summed E-state index contributed by atoms with van der Waals surface area (Å²) in [6.45, 7) is 4.30. The fourth-order valence-electron chi connectivity index (χ4n) is 2.62. The van der Waals surface area contributed by atoms with Crippen molar-refractivity contribution < 1.29 is 18.8 Å². The molecule has 0 atom stereocenters. The number of benzene rings is 2. The third kappa shape index (κ3) is 4.98. The van der Waals surface area contributed by atoms with Crippen molar-refractivity contribution in [1.29, 1.82) is 5.26 Å². The number of nitrogens with zero attached hydrogens (tertiary/aromatic N) is 2. The Kier molecular flexibility index (Phi) is 6.07. The van der Waals surface area contributed by atoms with Crippen LogP contribution in [0.2, 0.25) is 0 Å². The lowest BCUT2D eigenvalue weighted by atomic mass is 10.1. The molecule has 6 heteroatoms. The average Bonchev–Trinajstić information content (AvgIpc) is 3.04. The van der Waals surface area contributed by atoms with Crippen LogP contribution in [0.15, 0.2) is 53.1 Å². The van der Waals surface area contributed by atoms with Crippen LogP contribution in [-0.2, 0) is 29.2 Å². The molecule has 0 unspecified atom stereocenters. The number of ether oxygens (including phenoxy) is 2.